The molecular formula is C13H17FN2O2. The number of amides is 1. The van der Waals surface area contributed by atoms with Gasteiger partial charge in [0.1, 0.15) is 5.82 Å². The van der Waals surface area contributed by atoms with Crippen LogP contribution >= 0.6 is 0 Å². The molecule has 0 aliphatic carbocycles. The van der Waals surface area contributed by atoms with Crippen molar-refractivity contribution in [1.82, 2.24) is 4.90 Å². The lowest BCUT2D eigenvalue weighted by atomic mass is 10.0. The second kappa shape index (κ2) is 4.94. The van der Waals surface area contributed by atoms with Crippen LogP contribution in [0.15, 0.2) is 18.2 Å². The number of anilines is 1. The first-order valence-corrected chi connectivity index (χ1v) is 6.01. The van der Waals surface area contributed by atoms with Crippen LogP contribution in [0, 0.1) is 11.7 Å². The van der Waals surface area contributed by atoms with Crippen molar-refractivity contribution in [1.29, 1.82) is 0 Å². The van der Waals surface area contributed by atoms with E-state index in [1.807, 2.05) is 6.92 Å². The molecule has 18 heavy (non-hydrogen) atoms. The lowest BCUT2D eigenvalue weighted by Gasteiger charge is -2.25. The Morgan fingerprint density at radius 2 is 2.33 bits per heavy atom. The Balaban J connectivity index is 2.28. The number of benzene rings is 1. The quantitative estimate of drug-likeness (QED) is 0.778. The number of nitrogens with two attached hydrogens (primary N) is 1. The molecule has 0 saturated carbocycles. The maximum absolute atomic E-state index is 13.6. The van der Waals surface area contributed by atoms with Crippen LogP contribution in [-0.4, -0.2) is 35.1 Å². The lowest BCUT2D eigenvalue weighted by Crippen LogP contribution is -2.40. The summed E-state index contributed by atoms with van der Waals surface area (Å²) in [5.74, 6) is -0.753. The molecule has 1 saturated heterocycles. The third-order valence-corrected chi connectivity index (χ3v) is 3.55. The number of rotatable bonds is 2. The van der Waals surface area contributed by atoms with Gasteiger partial charge in [-0.05, 0) is 30.5 Å². The number of carbonyl (C=O) groups is 1. The maximum Gasteiger partial charge on any atom is 0.257 e. The fourth-order valence-electron chi connectivity index (χ4n) is 2.40. The molecule has 5 heteroatoms. The smallest absolute Gasteiger partial charge is 0.257 e. The van der Waals surface area contributed by atoms with Gasteiger partial charge in [-0.15, -0.1) is 0 Å². The number of nitrogen functional groups attached to an aromatic ring is 1. The molecule has 1 aliphatic heterocycles. The molecule has 1 fully saturated rings. The van der Waals surface area contributed by atoms with Gasteiger partial charge in [-0.1, -0.05) is 6.92 Å². The second-order valence-corrected chi connectivity index (χ2v) is 4.75. The van der Waals surface area contributed by atoms with Crippen molar-refractivity contribution in [2.45, 2.75) is 19.4 Å². The van der Waals surface area contributed by atoms with Crippen LogP contribution in [0.5, 0.6) is 0 Å². The van der Waals surface area contributed by atoms with Crippen LogP contribution in [0.1, 0.15) is 23.7 Å². The zero-order valence-corrected chi connectivity index (χ0v) is 10.3. The highest BCUT2D eigenvalue weighted by Gasteiger charge is 2.35. The first-order valence-electron chi connectivity index (χ1n) is 6.01. The fraction of sp³-hybridized carbons (Fsp3) is 0.462. The van der Waals surface area contributed by atoms with E-state index in [1.165, 1.54) is 23.1 Å². The topological polar surface area (TPSA) is 66.6 Å². The minimum Gasteiger partial charge on any atom is -0.399 e. The first kappa shape index (κ1) is 12.8. The molecule has 1 aromatic carbocycles. The Morgan fingerprint density at radius 1 is 1.61 bits per heavy atom. The number of aliphatic hydroxyl groups excluding tert-OH is 1. The molecule has 2 rings (SSSR count). The van der Waals surface area contributed by atoms with E-state index in [4.69, 9.17) is 5.73 Å². The summed E-state index contributed by atoms with van der Waals surface area (Å²) in [7, 11) is 0. The molecule has 0 bridgehead atoms. The lowest BCUT2D eigenvalue weighted by molar-refractivity contribution is 0.0643. The molecule has 2 atom stereocenters. The summed E-state index contributed by atoms with van der Waals surface area (Å²) in [6, 6.07) is 3.71. The van der Waals surface area contributed by atoms with Crippen molar-refractivity contribution < 1.29 is 14.3 Å². The Labute approximate surface area is 105 Å². The van der Waals surface area contributed by atoms with Gasteiger partial charge >= 0.3 is 0 Å². The normalized spacial score (nSPS) is 23.4. The minimum atomic E-state index is -0.578. The molecule has 98 valence electrons. The third kappa shape index (κ3) is 2.18. The van der Waals surface area contributed by atoms with Crippen molar-refractivity contribution in [3.05, 3.63) is 29.6 Å². The van der Waals surface area contributed by atoms with Gasteiger partial charge in [-0.25, -0.2) is 4.39 Å². The predicted octanol–water partition coefficient (Wildman–Crippen LogP) is 1.25. The van der Waals surface area contributed by atoms with E-state index in [1.54, 1.807) is 0 Å². The highest BCUT2D eigenvalue weighted by atomic mass is 19.1. The predicted molar refractivity (Wildman–Crippen MR) is 66.5 cm³/mol. The minimum absolute atomic E-state index is 0.0254. The number of carbonyl (C=O) groups excluding carboxylic acids is 1. The van der Waals surface area contributed by atoms with Crippen molar-refractivity contribution in [3.63, 3.8) is 0 Å². The molecule has 0 aromatic heterocycles. The van der Waals surface area contributed by atoms with Crippen LogP contribution in [0.2, 0.25) is 0 Å². The van der Waals surface area contributed by atoms with Gasteiger partial charge < -0.3 is 15.7 Å². The van der Waals surface area contributed by atoms with Gasteiger partial charge in [0.2, 0.25) is 0 Å². The Kier molecular flexibility index (Phi) is 3.52. The maximum atomic E-state index is 13.6. The summed E-state index contributed by atoms with van der Waals surface area (Å²) < 4.78 is 13.6. The standard InChI is InChI=1S/C13H17FN2O2/c1-8-4-5-16(12(8)7-17)13(18)10-6-9(15)2-3-11(10)14/h2-3,6,8,12,17H,4-5,7,15H2,1H3. The largest absolute Gasteiger partial charge is 0.399 e. The zero-order valence-electron chi connectivity index (χ0n) is 10.3. The van der Waals surface area contributed by atoms with E-state index < -0.39 is 11.7 Å². The molecule has 0 spiro atoms. The summed E-state index contributed by atoms with van der Waals surface area (Å²) in [6.45, 7) is 2.42. The van der Waals surface area contributed by atoms with Gasteiger partial charge in [0.25, 0.3) is 5.91 Å². The van der Waals surface area contributed by atoms with Crippen LogP contribution in [0.4, 0.5) is 10.1 Å². The third-order valence-electron chi connectivity index (χ3n) is 3.55. The molecule has 1 amide bonds. The summed E-state index contributed by atoms with van der Waals surface area (Å²) in [4.78, 5) is 13.8. The first-order chi connectivity index (χ1) is 8.54. The molecule has 2 unspecified atom stereocenters. The Hall–Kier alpha value is -1.62. The number of hydrogen-bond acceptors (Lipinski definition) is 3. The number of halogens is 1. The van der Waals surface area contributed by atoms with Gasteiger partial charge in [-0.2, -0.15) is 0 Å². The van der Waals surface area contributed by atoms with Gasteiger partial charge in [0.05, 0.1) is 18.2 Å². The van der Waals surface area contributed by atoms with Crippen molar-refractivity contribution in [2.75, 3.05) is 18.9 Å². The second-order valence-electron chi connectivity index (χ2n) is 4.75. The van der Waals surface area contributed by atoms with E-state index >= 15 is 0 Å². The average Bonchev–Trinajstić information content (AvgIpc) is 2.72. The molecule has 4 nitrogen and oxygen atoms in total. The van der Waals surface area contributed by atoms with E-state index in [0.29, 0.717) is 12.2 Å². The van der Waals surface area contributed by atoms with Gasteiger partial charge in [0, 0.05) is 12.2 Å². The summed E-state index contributed by atoms with van der Waals surface area (Å²) in [5.41, 5.74) is 5.90. The monoisotopic (exact) mass is 252 g/mol. The van der Waals surface area contributed by atoms with Crippen LogP contribution in [-0.2, 0) is 0 Å². The van der Waals surface area contributed by atoms with E-state index in [9.17, 15) is 14.3 Å². The van der Waals surface area contributed by atoms with Gasteiger partial charge in [-0.3, -0.25) is 4.79 Å². The summed E-state index contributed by atoms with van der Waals surface area (Å²) in [5, 5.41) is 9.31. The fourth-order valence-corrected chi connectivity index (χ4v) is 2.40. The Morgan fingerprint density at radius 3 is 3.00 bits per heavy atom. The SMILES string of the molecule is CC1CCN(C(=O)c2cc(N)ccc2F)C1CO. The number of likely N-dealkylation sites (tertiary alicyclic amines) is 1. The zero-order chi connectivity index (χ0) is 13.3. The Bertz CT molecular complexity index is 464. The molecule has 3 N–H and O–H groups in total. The van der Waals surface area contributed by atoms with E-state index in [2.05, 4.69) is 0 Å². The van der Waals surface area contributed by atoms with Crippen molar-refractivity contribution in [3.8, 4) is 0 Å². The molecule has 1 aliphatic rings. The molecule has 1 heterocycles. The van der Waals surface area contributed by atoms with E-state index in [-0.39, 0.29) is 24.1 Å². The van der Waals surface area contributed by atoms with Crippen LogP contribution in [0.3, 0.4) is 0 Å². The van der Waals surface area contributed by atoms with Gasteiger partial charge in [0.15, 0.2) is 0 Å². The van der Waals surface area contributed by atoms with Crippen molar-refractivity contribution in [2.24, 2.45) is 5.92 Å². The highest BCUT2D eigenvalue weighted by Crippen LogP contribution is 2.26. The summed E-state index contributed by atoms with van der Waals surface area (Å²) >= 11 is 0. The molecular weight excluding hydrogens is 235 g/mol. The molecule has 0 radical (unpaired) electrons. The van der Waals surface area contributed by atoms with E-state index in [0.717, 1.165) is 6.42 Å². The van der Waals surface area contributed by atoms with Crippen molar-refractivity contribution >= 4 is 11.6 Å². The molecule has 1 aromatic rings. The average molecular weight is 252 g/mol. The van der Waals surface area contributed by atoms with Crippen LogP contribution in [0.25, 0.3) is 0 Å². The highest BCUT2D eigenvalue weighted by molar-refractivity contribution is 5.95. The number of aliphatic hydroxyl groups is 1. The number of hydrogen-bond donors (Lipinski definition) is 2. The summed E-state index contributed by atoms with van der Waals surface area (Å²) in [6.07, 6.45) is 0.820. The number of nitrogens with zero attached hydrogens (tertiary/aromatic N) is 1. The van der Waals surface area contributed by atoms with Crippen LogP contribution < -0.4 is 5.73 Å².